The first-order valence-electron chi connectivity index (χ1n) is 8.17. The molecular formula is C17H22Cl2N2O2. The van der Waals surface area contributed by atoms with Crippen LogP contribution in [0, 0.1) is 5.92 Å². The van der Waals surface area contributed by atoms with Gasteiger partial charge in [-0.25, -0.2) is 4.79 Å². The number of carbonyl (C=O) groups excluding carboxylic acids is 1. The molecule has 1 atom stereocenters. The standard InChI is InChI=1S/C17H22Cl2N2O2/c1-17(23)7-6-11-12(17)8-13(18)15(14(11)19)21-16(22)20-9-10-4-2-3-5-10/h8,10,23H,2-7,9H2,1H3,(H2,20,21,22). The first-order chi connectivity index (χ1) is 10.9. The Labute approximate surface area is 146 Å². The third kappa shape index (κ3) is 3.44. The number of benzene rings is 1. The van der Waals surface area contributed by atoms with Crippen LogP contribution in [0.2, 0.25) is 10.0 Å². The number of carbonyl (C=O) groups is 1. The lowest BCUT2D eigenvalue weighted by atomic mass is 9.98. The van der Waals surface area contributed by atoms with Crippen LogP contribution in [0.3, 0.4) is 0 Å². The minimum Gasteiger partial charge on any atom is -0.385 e. The molecule has 0 bridgehead atoms. The fraction of sp³-hybridized carbons (Fsp3) is 0.588. The van der Waals surface area contributed by atoms with Crippen molar-refractivity contribution in [2.75, 3.05) is 11.9 Å². The zero-order valence-corrected chi connectivity index (χ0v) is 14.7. The number of amides is 2. The van der Waals surface area contributed by atoms with Crippen LogP contribution >= 0.6 is 23.2 Å². The van der Waals surface area contributed by atoms with Crippen LogP contribution in [0.1, 0.15) is 50.2 Å². The van der Waals surface area contributed by atoms with Gasteiger partial charge in [-0.05, 0) is 55.7 Å². The number of hydrogen-bond donors (Lipinski definition) is 3. The van der Waals surface area contributed by atoms with Crippen LogP contribution in [0.25, 0.3) is 0 Å². The van der Waals surface area contributed by atoms with E-state index in [0.29, 0.717) is 41.0 Å². The summed E-state index contributed by atoms with van der Waals surface area (Å²) in [7, 11) is 0. The first-order valence-corrected chi connectivity index (χ1v) is 8.92. The van der Waals surface area contributed by atoms with Crippen LogP contribution < -0.4 is 10.6 Å². The molecule has 1 aromatic carbocycles. The maximum atomic E-state index is 12.1. The van der Waals surface area contributed by atoms with E-state index in [2.05, 4.69) is 10.6 Å². The molecule has 4 nitrogen and oxygen atoms in total. The fourth-order valence-electron chi connectivity index (χ4n) is 3.61. The Morgan fingerprint density at radius 3 is 2.78 bits per heavy atom. The molecule has 0 spiro atoms. The van der Waals surface area contributed by atoms with E-state index in [9.17, 15) is 9.90 Å². The normalized spacial score (nSPS) is 23.8. The van der Waals surface area contributed by atoms with E-state index in [-0.39, 0.29) is 6.03 Å². The van der Waals surface area contributed by atoms with Crippen LogP contribution in [-0.4, -0.2) is 17.7 Å². The lowest BCUT2D eigenvalue weighted by Crippen LogP contribution is -2.32. The van der Waals surface area contributed by atoms with Crippen molar-refractivity contribution in [2.45, 2.75) is 51.0 Å². The van der Waals surface area contributed by atoms with Gasteiger partial charge in [0.05, 0.1) is 21.3 Å². The summed E-state index contributed by atoms with van der Waals surface area (Å²) in [5, 5.41) is 16.8. The summed E-state index contributed by atoms with van der Waals surface area (Å²) in [5.74, 6) is 0.571. The minimum absolute atomic E-state index is 0.287. The molecule has 23 heavy (non-hydrogen) atoms. The second-order valence-electron chi connectivity index (χ2n) is 6.83. The summed E-state index contributed by atoms with van der Waals surface area (Å²) in [5.41, 5.74) is 1.14. The highest BCUT2D eigenvalue weighted by Gasteiger charge is 2.35. The zero-order chi connectivity index (χ0) is 16.6. The Balaban J connectivity index is 1.72. The van der Waals surface area contributed by atoms with Gasteiger partial charge < -0.3 is 15.7 Å². The Morgan fingerprint density at radius 2 is 2.09 bits per heavy atom. The maximum absolute atomic E-state index is 12.1. The van der Waals surface area contributed by atoms with E-state index >= 15 is 0 Å². The van der Waals surface area contributed by atoms with E-state index in [4.69, 9.17) is 23.2 Å². The number of halogens is 2. The van der Waals surface area contributed by atoms with E-state index < -0.39 is 5.60 Å². The second kappa shape index (κ2) is 6.50. The lowest BCUT2D eigenvalue weighted by molar-refractivity contribution is 0.0595. The quantitative estimate of drug-likeness (QED) is 0.748. The van der Waals surface area contributed by atoms with E-state index in [1.54, 1.807) is 13.0 Å². The highest BCUT2D eigenvalue weighted by Crippen LogP contribution is 2.45. The maximum Gasteiger partial charge on any atom is 0.319 e. The van der Waals surface area contributed by atoms with E-state index in [1.165, 1.54) is 25.7 Å². The zero-order valence-electron chi connectivity index (χ0n) is 13.2. The van der Waals surface area contributed by atoms with Crippen LogP contribution in [-0.2, 0) is 12.0 Å². The summed E-state index contributed by atoms with van der Waals surface area (Å²) in [4.78, 5) is 12.1. The van der Waals surface area contributed by atoms with Crippen molar-refractivity contribution in [2.24, 2.45) is 5.92 Å². The Morgan fingerprint density at radius 1 is 1.39 bits per heavy atom. The monoisotopic (exact) mass is 356 g/mol. The van der Waals surface area contributed by atoms with Crippen molar-refractivity contribution in [1.82, 2.24) is 5.32 Å². The third-order valence-corrected chi connectivity index (χ3v) is 5.74. The average molecular weight is 357 g/mol. The molecule has 3 N–H and O–H groups in total. The number of urea groups is 1. The van der Waals surface area contributed by atoms with Crippen molar-refractivity contribution in [3.63, 3.8) is 0 Å². The molecule has 6 heteroatoms. The second-order valence-corrected chi connectivity index (χ2v) is 7.62. The molecule has 2 aliphatic carbocycles. The molecule has 1 aromatic rings. The van der Waals surface area contributed by atoms with Crippen LogP contribution in [0.4, 0.5) is 10.5 Å². The van der Waals surface area contributed by atoms with Gasteiger partial charge in [-0.2, -0.15) is 0 Å². The van der Waals surface area contributed by atoms with Crippen molar-refractivity contribution in [1.29, 1.82) is 0 Å². The molecule has 0 aliphatic heterocycles. The van der Waals surface area contributed by atoms with Gasteiger partial charge in [0.25, 0.3) is 0 Å². The molecule has 3 rings (SSSR count). The smallest absolute Gasteiger partial charge is 0.319 e. The van der Waals surface area contributed by atoms with Gasteiger partial charge in [-0.15, -0.1) is 0 Å². The minimum atomic E-state index is -0.911. The summed E-state index contributed by atoms with van der Waals surface area (Å²) in [6.07, 6.45) is 6.13. The summed E-state index contributed by atoms with van der Waals surface area (Å²) < 4.78 is 0. The topological polar surface area (TPSA) is 61.4 Å². The third-order valence-electron chi connectivity index (χ3n) is 5.03. The van der Waals surface area contributed by atoms with E-state index in [1.807, 2.05) is 0 Å². The van der Waals surface area contributed by atoms with Gasteiger partial charge in [-0.3, -0.25) is 0 Å². The van der Waals surface area contributed by atoms with Gasteiger partial charge >= 0.3 is 6.03 Å². The van der Waals surface area contributed by atoms with E-state index in [0.717, 1.165) is 11.1 Å². The largest absolute Gasteiger partial charge is 0.385 e. The number of aliphatic hydroxyl groups is 1. The fourth-order valence-corrected chi connectivity index (χ4v) is 4.26. The number of rotatable bonds is 3. The molecule has 0 saturated heterocycles. The number of fused-ring (bicyclic) bond motifs is 1. The van der Waals surface area contributed by atoms with Crippen molar-refractivity contribution in [3.8, 4) is 0 Å². The van der Waals surface area contributed by atoms with Crippen LogP contribution in [0.5, 0.6) is 0 Å². The molecule has 1 fully saturated rings. The predicted molar refractivity (Wildman–Crippen MR) is 93.3 cm³/mol. The number of nitrogens with one attached hydrogen (secondary N) is 2. The molecule has 0 heterocycles. The Bertz CT molecular complexity index is 626. The number of hydrogen-bond acceptors (Lipinski definition) is 2. The SMILES string of the molecule is CC1(O)CCc2c1cc(Cl)c(NC(=O)NCC1CCCC1)c2Cl. The van der Waals surface area contributed by atoms with Gasteiger partial charge in [0.1, 0.15) is 0 Å². The van der Waals surface area contributed by atoms with Gasteiger partial charge in [-0.1, -0.05) is 36.0 Å². The van der Waals surface area contributed by atoms with Crippen molar-refractivity contribution >= 4 is 34.9 Å². The highest BCUT2D eigenvalue weighted by atomic mass is 35.5. The highest BCUT2D eigenvalue weighted by molar-refractivity contribution is 6.40. The summed E-state index contributed by atoms with van der Waals surface area (Å²) in [6, 6.07) is 1.42. The molecule has 1 unspecified atom stereocenters. The predicted octanol–water partition coefficient (Wildman–Crippen LogP) is 4.46. The van der Waals surface area contributed by atoms with Crippen molar-refractivity contribution in [3.05, 3.63) is 27.2 Å². The molecule has 126 valence electrons. The average Bonchev–Trinajstić information content (AvgIpc) is 3.10. The van der Waals surface area contributed by atoms with Crippen molar-refractivity contribution < 1.29 is 9.90 Å². The summed E-state index contributed by atoms with van der Waals surface area (Å²) >= 11 is 12.7. The Hall–Kier alpha value is -0.970. The molecule has 0 aromatic heterocycles. The molecule has 1 saturated carbocycles. The molecular weight excluding hydrogens is 335 g/mol. The first kappa shape index (κ1) is 16.9. The molecule has 0 radical (unpaired) electrons. The molecule has 2 aliphatic rings. The van der Waals surface area contributed by atoms with Gasteiger partial charge in [0, 0.05) is 6.54 Å². The van der Waals surface area contributed by atoms with Gasteiger partial charge in [0.2, 0.25) is 0 Å². The van der Waals surface area contributed by atoms with Crippen LogP contribution in [0.15, 0.2) is 6.07 Å². The summed E-state index contributed by atoms with van der Waals surface area (Å²) in [6.45, 7) is 2.44. The molecule has 2 amide bonds. The Kier molecular flexibility index (Phi) is 4.77. The van der Waals surface area contributed by atoms with Gasteiger partial charge in [0.15, 0.2) is 0 Å². The number of anilines is 1. The lowest BCUT2D eigenvalue weighted by Gasteiger charge is -2.20.